The SMILES string of the molecule is CCC(COC)Nc1cc(Cl)nnc1Cl. The van der Waals surface area contributed by atoms with Crippen LogP contribution in [0.5, 0.6) is 0 Å². The van der Waals surface area contributed by atoms with E-state index in [4.69, 9.17) is 27.9 Å². The highest BCUT2D eigenvalue weighted by Gasteiger charge is 2.09. The first kappa shape index (κ1) is 12.5. The highest BCUT2D eigenvalue weighted by atomic mass is 35.5. The summed E-state index contributed by atoms with van der Waals surface area (Å²) < 4.78 is 5.06. The molecule has 0 saturated carbocycles. The van der Waals surface area contributed by atoms with Gasteiger partial charge in [-0.15, -0.1) is 10.2 Å². The van der Waals surface area contributed by atoms with E-state index in [-0.39, 0.29) is 6.04 Å². The minimum absolute atomic E-state index is 0.188. The van der Waals surface area contributed by atoms with Crippen molar-refractivity contribution in [2.75, 3.05) is 19.0 Å². The Morgan fingerprint density at radius 2 is 2.20 bits per heavy atom. The zero-order valence-corrected chi connectivity index (χ0v) is 10.1. The van der Waals surface area contributed by atoms with Gasteiger partial charge in [0.15, 0.2) is 10.3 Å². The van der Waals surface area contributed by atoms with Gasteiger partial charge in [0.2, 0.25) is 0 Å². The molecule has 0 aliphatic heterocycles. The number of halogens is 2. The number of hydrogen-bond acceptors (Lipinski definition) is 4. The molecule has 1 unspecified atom stereocenters. The second kappa shape index (κ2) is 6.10. The normalized spacial score (nSPS) is 12.5. The summed E-state index contributed by atoms with van der Waals surface area (Å²) in [5, 5.41) is 11.2. The molecular weight excluding hydrogens is 237 g/mol. The first-order chi connectivity index (χ1) is 7.17. The average molecular weight is 250 g/mol. The molecule has 1 aromatic heterocycles. The molecule has 0 saturated heterocycles. The van der Waals surface area contributed by atoms with E-state index in [2.05, 4.69) is 22.4 Å². The molecule has 84 valence electrons. The fourth-order valence-corrected chi connectivity index (χ4v) is 1.43. The zero-order chi connectivity index (χ0) is 11.3. The number of hydrogen-bond donors (Lipinski definition) is 1. The summed E-state index contributed by atoms with van der Waals surface area (Å²) in [6, 6.07) is 1.84. The zero-order valence-electron chi connectivity index (χ0n) is 8.63. The van der Waals surface area contributed by atoms with E-state index >= 15 is 0 Å². The maximum Gasteiger partial charge on any atom is 0.174 e. The summed E-state index contributed by atoms with van der Waals surface area (Å²) in [7, 11) is 1.66. The van der Waals surface area contributed by atoms with Gasteiger partial charge in [-0.3, -0.25) is 0 Å². The number of methoxy groups -OCH3 is 1. The molecule has 0 radical (unpaired) electrons. The molecule has 0 fully saturated rings. The van der Waals surface area contributed by atoms with Crippen molar-refractivity contribution in [3.05, 3.63) is 16.4 Å². The first-order valence-corrected chi connectivity index (χ1v) is 5.37. The highest BCUT2D eigenvalue weighted by molar-refractivity contribution is 6.33. The lowest BCUT2D eigenvalue weighted by atomic mass is 10.2. The number of rotatable bonds is 5. The summed E-state index contributed by atoms with van der Waals surface area (Å²) in [5.41, 5.74) is 0.681. The van der Waals surface area contributed by atoms with Crippen LogP contribution in [0.15, 0.2) is 6.07 Å². The number of ether oxygens (including phenoxy) is 1. The molecule has 0 amide bonds. The van der Waals surface area contributed by atoms with Gasteiger partial charge >= 0.3 is 0 Å². The first-order valence-electron chi connectivity index (χ1n) is 4.61. The van der Waals surface area contributed by atoms with E-state index in [1.807, 2.05) is 0 Å². The summed E-state index contributed by atoms with van der Waals surface area (Å²) >= 11 is 11.6. The van der Waals surface area contributed by atoms with Crippen molar-refractivity contribution in [3.8, 4) is 0 Å². The Kier molecular flexibility index (Phi) is 5.08. The lowest BCUT2D eigenvalue weighted by Crippen LogP contribution is -2.24. The van der Waals surface area contributed by atoms with Crippen LogP contribution in [-0.4, -0.2) is 30.0 Å². The number of nitrogens with zero attached hydrogens (tertiary/aromatic N) is 2. The maximum atomic E-state index is 5.86. The van der Waals surface area contributed by atoms with Crippen LogP contribution in [0.3, 0.4) is 0 Å². The van der Waals surface area contributed by atoms with Crippen molar-refractivity contribution in [3.63, 3.8) is 0 Å². The molecule has 1 aromatic rings. The largest absolute Gasteiger partial charge is 0.383 e. The van der Waals surface area contributed by atoms with Crippen LogP contribution < -0.4 is 5.32 Å². The molecule has 0 aliphatic carbocycles. The van der Waals surface area contributed by atoms with Gasteiger partial charge in [-0.1, -0.05) is 30.1 Å². The van der Waals surface area contributed by atoms with E-state index in [1.165, 1.54) is 0 Å². The van der Waals surface area contributed by atoms with Gasteiger partial charge in [0.1, 0.15) is 0 Å². The lowest BCUT2D eigenvalue weighted by Gasteiger charge is -2.17. The van der Waals surface area contributed by atoms with E-state index in [9.17, 15) is 0 Å². The Bertz CT molecular complexity index is 322. The van der Waals surface area contributed by atoms with E-state index in [0.29, 0.717) is 22.6 Å². The highest BCUT2D eigenvalue weighted by Crippen LogP contribution is 2.22. The molecule has 0 spiro atoms. The quantitative estimate of drug-likeness (QED) is 0.872. The smallest absolute Gasteiger partial charge is 0.174 e. The maximum absolute atomic E-state index is 5.86. The topological polar surface area (TPSA) is 47.0 Å². The van der Waals surface area contributed by atoms with Crippen LogP contribution in [-0.2, 0) is 4.74 Å². The molecule has 6 heteroatoms. The summed E-state index contributed by atoms with van der Waals surface area (Å²) in [6.07, 6.45) is 0.921. The minimum Gasteiger partial charge on any atom is -0.383 e. The molecular formula is C9H13Cl2N3O. The predicted molar refractivity (Wildman–Crippen MR) is 61.6 cm³/mol. The monoisotopic (exact) mass is 249 g/mol. The lowest BCUT2D eigenvalue weighted by molar-refractivity contribution is 0.184. The van der Waals surface area contributed by atoms with Crippen molar-refractivity contribution < 1.29 is 4.74 Å². The molecule has 1 rings (SSSR count). The number of anilines is 1. The molecule has 0 bridgehead atoms. The Hall–Kier alpha value is -0.580. The van der Waals surface area contributed by atoms with Crippen molar-refractivity contribution in [1.29, 1.82) is 0 Å². The average Bonchev–Trinajstić information content (AvgIpc) is 2.22. The van der Waals surface area contributed by atoms with Gasteiger partial charge in [0.25, 0.3) is 0 Å². The van der Waals surface area contributed by atoms with Gasteiger partial charge in [-0.2, -0.15) is 0 Å². The van der Waals surface area contributed by atoms with E-state index < -0.39 is 0 Å². The molecule has 0 aliphatic rings. The van der Waals surface area contributed by atoms with Crippen molar-refractivity contribution >= 4 is 28.9 Å². The van der Waals surface area contributed by atoms with E-state index in [0.717, 1.165) is 6.42 Å². The fourth-order valence-electron chi connectivity index (χ4n) is 1.14. The van der Waals surface area contributed by atoms with Crippen molar-refractivity contribution in [2.45, 2.75) is 19.4 Å². The number of aromatic nitrogens is 2. The molecule has 15 heavy (non-hydrogen) atoms. The van der Waals surface area contributed by atoms with Gasteiger partial charge in [-0.25, -0.2) is 0 Å². The molecule has 1 heterocycles. The van der Waals surface area contributed by atoms with E-state index in [1.54, 1.807) is 13.2 Å². The van der Waals surface area contributed by atoms with Gasteiger partial charge in [-0.05, 0) is 6.42 Å². The minimum atomic E-state index is 0.188. The molecule has 1 atom stereocenters. The van der Waals surface area contributed by atoms with Gasteiger partial charge < -0.3 is 10.1 Å². The summed E-state index contributed by atoms with van der Waals surface area (Å²) in [6.45, 7) is 2.66. The Balaban J connectivity index is 2.73. The van der Waals surface area contributed by atoms with Gasteiger partial charge in [0.05, 0.1) is 12.3 Å². The third-order valence-electron chi connectivity index (χ3n) is 1.94. The van der Waals surface area contributed by atoms with Crippen LogP contribution in [0, 0.1) is 0 Å². The number of nitrogens with one attached hydrogen (secondary N) is 1. The van der Waals surface area contributed by atoms with Crippen LogP contribution in [0.4, 0.5) is 5.69 Å². The molecule has 1 N–H and O–H groups in total. The summed E-state index contributed by atoms with van der Waals surface area (Å²) in [5.74, 6) is 0. The Morgan fingerprint density at radius 1 is 1.47 bits per heavy atom. The molecule has 0 aromatic carbocycles. The predicted octanol–water partition coefficient (Wildman–Crippen LogP) is 2.62. The Labute approximate surface area is 98.9 Å². The molecule has 4 nitrogen and oxygen atoms in total. The standard InChI is InChI=1S/C9H13Cl2N3O/c1-3-6(5-15-2)12-7-4-8(10)13-14-9(7)11/h4,6H,3,5H2,1-2H3,(H,12,13). The second-order valence-electron chi connectivity index (χ2n) is 3.08. The summed E-state index contributed by atoms with van der Waals surface area (Å²) in [4.78, 5) is 0. The van der Waals surface area contributed by atoms with Crippen LogP contribution >= 0.6 is 23.2 Å². The second-order valence-corrected chi connectivity index (χ2v) is 3.82. The van der Waals surface area contributed by atoms with Gasteiger partial charge in [0, 0.05) is 19.2 Å². The van der Waals surface area contributed by atoms with Crippen molar-refractivity contribution in [1.82, 2.24) is 10.2 Å². The fraction of sp³-hybridized carbons (Fsp3) is 0.556. The van der Waals surface area contributed by atoms with Crippen LogP contribution in [0.2, 0.25) is 10.3 Å². The third-order valence-corrected chi connectivity index (χ3v) is 2.40. The third kappa shape index (κ3) is 3.81. The van der Waals surface area contributed by atoms with Crippen LogP contribution in [0.1, 0.15) is 13.3 Å². The van der Waals surface area contributed by atoms with Crippen molar-refractivity contribution in [2.24, 2.45) is 0 Å². The Morgan fingerprint density at radius 3 is 2.80 bits per heavy atom. The van der Waals surface area contributed by atoms with Crippen LogP contribution in [0.25, 0.3) is 0 Å².